The molecule has 0 heterocycles. The van der Waals surface area contributed by atoms with Crippen LogP contribution in [0.5, 0.6) is 0 Å². The summed E-state index contributed by atoms with van der Waals surface area (Å²) in [6.45, 7) is 9.98. The van der Waals surface area contributed by atoms with Crippen molar-refractivity contribution < 1.29 is 15.3 Å². The number of aliphatic hydroxyl groups is 3. The molecule has 0 aromatic heterocycles. The molecule has 188 valence electrons. The Hall–Kier alpha value is -3.35. The maximum atomic E-state index is 10.1. The summed E-state index contributed by atoms with van der Waals surface area (Å²) < 4.78 is 0. The standard InChI is InChI=1S/C33H33O3P/c1-31(2,34)19-16-25-10-7-13-28(22-25)37(29-14-8-11-26(23-29)17-20-32(3,4)35)30-15-9-12-27(24-30)18-21-33(5,6)36/h7-15,22-24,34-36H,1-6H3. The van der Waals surface area contributed by atoms with Crippen LogP contribution in [-0.4, -0.2) is 32.1 Å². The highest BCUT2D eigenvalue weighted by Crippen LogP contribution is 2.33. The maximum Gasteiger partial charge on any atom is 0.120 e. The third kappa shape index (κ3) is 9.56. The van der Waals surface area contributed by atoms with Gasteiger partial charge >= 0.3 is 0 Å². The summed E-state index contributed by atoms with van der Waals surface area (Å²) in [7, 11) is -1.00. The van der Waals surface area contributed by atoms with Gasteiger partial charge < -0.3 is 15.3 Å². The van der Waals surface area contributed by atoms with Crippen LogP contribution in [0.1, 0.15) is 58.2 Å². The van der Waals surface area contributed by atoms with Gasteiger partial charge in [0.1, 0.15) is 16.8 Å². The molecule has 3 aromatic carbocycles. The minimum atomic E-state index is -1.08. The largest absolute Gasteiger partial charge is 0.378 e. The van der Waals surface area contributed by atoms with E-state index in [2.05, 4.69) is 71.9 Å². The first-order valence-electron chi connectivity index (χ1n) is 12.1. The van der Waals surface area contributed by atoms with Crippen LogP contribution in [0.15, 0.2) is 72.8 Å². The summed E-state index contributed by atoms with van der Waals surface area (Å²) in [6, 6.07) is 24.2. The first-order chi connectivity index (χ1) is 17.2. The van der Waals surface area contributed by atoms with E-state index in [-0.39, 0.29) is 0 Å². The van der Waals surface area contributed by atoms with E-state index in [1.54, 1.807) is 41.5 Å². The SMILES string of the molecule is CC(C)(O)C#Cc1cccc(P(c2cccc(C#CC(C)(C)O)c2)c2cccc(C#CC(C)(C)O)c2)c1. The van der Waals surface area contributed by atoms with Gasteiger partial charge in [-0.3, -0.25) is 0 Å². The predicted octanol–water partition coefficient (Wildman–Crippen LogP) is 3.81. The fourth-order valence-electron chi connectivity index (χ4n) is 3.29. The Bertz CT molecular complexity index is 1270. The molecule has 0 atom stereocenters. The lowest BCUT2D eigenvalue weighted by Gasteiger charge is -2.20. The number of rotatable bonds is 3. The molecule has 4 heteroatoms. The average molecular weight is 509 g/mol. The Kier molecular flexibility index (Phi) is 8.67. The zero-order chi connectivity index (χ0) is 27.3. The Balaban J connectivity index is 2.18. The lowest BCUT2D eigenvalue weighted by molar-refractivity contribution is 0.143. The molecule has 3 N–H and O–H groups in total. The van der Waals surface area contributed by atoms with E-state index >= 15 is 0 Å². The Morgan fingerprint density at radius 2 is 0.757 bits per heavy atom. The Morgan fingerprint density at radius 3 is 1.00 bits per heavy atom. The summed E-state index contributed by atoms with van der Waals surface area (Å²) in [5.74, 6) is 17.9. The predicted molar refractivity (Wildman–Crippen MR) is 155 cm³/mol. The maximum absolute atomic E-state index is 10.1. The van der Waals surface area contributed by atoms with Crippen LogP contribution in [0, 0.1) is 35.5 Å². The average Bonchev–Trinajstić information content (AvgIpc) is 2.80. The van der Waals surface area contributed by atoms with Gasteiger partial charge in [-0.05, 0) is 102 Å². The lowest BCUT2D eigenvalue weighted by atomic mass is 10.1. The van der Waals surface area contributed by atoms with Crippen molar-refractivity contribution in [1.29, 1.82) is 0 Å². The topological polar surface area (TPSA) is 60.7 Å². The molecule has 0 spiro atoms. The van der Waals surface area contributed by atoms with E-state index in [0.29, 0.717) is 0 Å². The molecular formula is C33H33O3P. The second-order valence-corrected chi connectivity index (χ2v) is 12.6. The minimum Gasteiger partial charge on any atom is -0.378 e. The van der Waals surface area contributed by atoms with E-state index in [1.165, 1.54) is 0 Å². The number of hydrogen-bond donors (Lipinski definition) is 3. The lowest BCUT2D eigenvalue weighted by Crippen LogP contribution is -2.21. The zero-order valence-electron chi connectivity index (χ0n) is 22.2. The van der Waals surface area contributed by atoms with Crippen molar-refractivity contribution in [2.24, 2.45) is 0 Å². The van der Waals surface area contributed by atoms with Gasteiger partial charge in [0.2, 0.25) is 0 Å². The smallest absolute Gasteiger partial charge is 0.120 e. The fourth-order valence-corrected chi connectivity index (χ4v) is 5.70. The van der Waals surface area contributed by atoms with Gasteiger partial charge in [-0.2, -0.15) is 0 Å². The summed E-state index contributed by atoms with van der Waals surface area (Å²) in [6.07, 6.45) is 0. The van der Waals surface area contributed by atoms with Gasteiger partial charge in [0.15, 0.2) is 0 Å². The molecule has 3 nitrogen and oxygen atoms in total. The third-order valence-electron chi connectivity index (χ3n) is 4.85. The molecule has 37 heavy (non-hydrogen) atoms. The Morgan fingerprint density at radius 1 is 0.486 bits per heavy atom. The van der Waals surface area contributed by atoms with Crippen LogP contribution in [0.4, 0.5) is 0 Å². The number of benzene rings is 3. The van der Waals surface area contributed by atoms with Crippen molar-refractivity contribution >= 4 is 23.8 Å². The number of hydrogen-bond acceptors (Lipinski definition) is 3. The van der Waals surface area contributed by atoms with Crippen molar-refractivity contribution in [1.82, 2.24) is 0 Å². The van der Waals surface area contributed by atoms with Gasteiger partial charge in [-0.15, -0.1) is 0 Å². The third-order valence-corrected chi connectivity index (χ3v) is 7.23. The van der Waals surface area contributed by atoms with Crippen molar-refractivity contribution in [3.8, 4) is 35.5 Å². The second-order valence-electron chi connectivity index (χ2n) is 10.4. The highest BCUT2D eigenvalue weighted by Gasteiger charge is 2.18. The van der Waals surface area contributed by atoms with Gasteiger partial charge in [-0.25, -0.2) is 0 Å². The van der Waals surface area contributed by atoms with Gasteiger partial charge in [0, 0.05) is 16.7 Å². The van der Waals surface area contributed by atoms with Gasteiger partial charge in [0.25, 0.3) is 0 Å². The van der Waals surface area contributed by atoms with Gasteiger partial charge in [-0.1, -0.05) is 71.9 Å². The quantitative estimate of drug-likeness (QED) is 0.373. The molecule has 0 aliphatic carbocycles. The molecule has 0 amide bonds. The fraction of sp³-hybridized carbons (Fsp3) is 0.273. The Labute approximate surface area is 222 Å². The second kappa shape index (κ2) is 11.4. The van der Waals surface area contributed by atoms with E-state index in [0.717, 1.165) is 32.6 Å². The van der Waals surface area contributed by atoms with Crippen LogP contribution in [0.3, 0.4) is 0 Å². The molecular weight excluding hydrogens is 475 g/mol. The zero-order valence-corrected chi connectivity index (χ0v) is 23.1. The minimum absolute atomic E-state index is 0.822. The highest BCUT2D eigenvalue weighted by molar-refractivity contribution is 7.79. The molecule has 0 saturated carbocycles. The molecule has 0 unspecified atom stereocenters. The van der Waals surface area contributed by atoms with E-state index in [1.807, 2.05) is 36.4 Å². The summed E-state index contributed by atoms with van der Waals surface area (Å²) in [4.78, 5) is 0. The van der Waals surface area contributed by atoms with Crippen LogP contribution in [0.2, 0.25) is 0 Å². The van der Waals surface area contributed by atoms with E-state index in [4.69, 9.17) is 0 Å². The normalized spacial score (nSPS) is 11.5. The molecule has 0 radical (unpaired) electrons. The van der Waals surface area contributed by atoms with Crippen LogP contribution < -0.4 is 15.9 Å². The van der Waals surface area contributed by atoms with E-state index in [9.17, 15) is 15.3 Å². The first-order valence-corrected chi connectivity index (χ1v) is 13.4. The molecule has 0 saturated heterocycles. The molecule has 3 rings (SSSR count). The van der Waals surface area contributed by atoms with Crippen molar-refractivity contribution in [3.05, 3.63) is 89.5 Å². The van der Waals surface area contributed by atoms with Gasteiger partial charge in [0.05, 0.1) is 0 Å². The molecule has 0 fully saturated rings. The van der Waals surface area contributed by atoms with Crippen LogP contribution >= 0.6 is 7.92 Å². The summed E-state index contributed by atoms with van der Waals surface area (Å²) in [5.41, 5.74) is -0.778. The van der Waals surface area contributed by atoms with Crippen molar-refractivity contribution in [3.63, 3.8) is 0 Å². The van der Waals surface area contributed by atoms with E-state index < -0.39 is 24.7 Å². The van der Waals surface area contributed by atoms with Crippen molar-refractivity contribution in [2.75, 3.05) is 0 Å². The van der Waals surface area contributed by atoms with Crippen LogP contribution in [0.25, 0.3) is 0 Å². The highest BCUT2D eigenvalue weighted by atomic mass is 31.1. The molecule has 0 bridgehead atoms. The van der Waals surface area contributed by atoms with Crippen molar-refractivity contribution in [2.45, 2.75) is 58.3 Å². The summed E-state index contributed by atoms with van der Waals surface area (Å²) >= 11 is 0. The first kappa shape index (κ1) is 28.2. The van der Waals surface area contributed by atoms with Crippen LogP contribution in [-0.2, 0) is 0 Å². The molecule has 0 aliphatic heterocycles. The monoisotopic (exact) mass is 508 g/mol. The molecule has 3 aromatic rings. The summed E-state index contributed by atoms with van der Waals surface area (Å²) in [5, 5.41) is 33.5. The molecule has 0 aliphatic rings.